The number of non-ortho nitro benzene ring substituents is 1. The van der Waals surface area contributed by atoms with E-state index in [-0.39, 0.29) is 23.2 Å². The normalized spacial score (nSPS) is 12.4. The van der Waals surface area contributed by atoms with Crippen LogP contribution in [0.5, 0.6) is 11.6 Å². The molecule has 0 bridgehead atoms. The molecule has 2 aromatic carbocycles. The van der Waals surface area contributed by atoms with Gasteiger partial charge in [-0.1, -0.05) is 32.9 Å². The van der Waals surface area contributed by atoms with Gasteiger partial charge in [-0.2, -0.15) is 9.78 Å². The number of nitrogens with one attached hydrogen (secondary N) is 2. The SMILES string of the molecule is CCC(C)NS(=O)(=O)c1cc([N+](=O)[O-])ccc1Oc1c(C)c(C(=O)NCC(C)C)nn1-c1cccc(C)c1C. The molecule has 2 N–H and O–H groups in total. The van der Waals surface area contributed by atoms with Crippen LogP contribution in [0.25, 0.3) is 5.69 Å². The lowest BCUT2D eigenvalue weighted by Crippen LogP contribution is -2.32. The summed E-state index contributed by atoms with van der Waals surface area (Å²) in [5.74, 6) is -0.200. The minimum absolute atomic E-state index is 0.118. The Bertz CT molecular complexity index is 1500. The van der Waals surface area contributed by atoms with Gasteiger partial charge in [0.2, 0.25) is 15.9 Å². The second-order valence-corrected chi connectivity index (χ2v) is 11.6. The van der Waals surface area contributed by atoms with Gasteiger partial charge in [0.1, 0.15) is 10.6 Å². The molecule has 11 nitrogen and oxygen atoms in total. The average molecular weight is 558 g/mol. The van der Waals surface area contributed by atoms with Crippen LogP contribution in [-0.2, 0) is 10.0 Å². The summed E-state index contributed by atoms with van der Waals surface area (Å²) in [5, 5.41) is 18.9. The van der Waals surface area contributed by atoms with E-state index in [9.17, 15) is 23.3 Å². The van der Waals surface area contributed by atoms with Crippen LogP contribution in [-0.4, -0.2) is 41.6 Å². The molecule has 39 heavy (non-hydrogen) atoms. The molecule has 1 unspecified atom stereocenters. The summed E-state index contributed by atoms with van der Waals surface area (Å²) >= 11 is 0. The first-order valence-corrected chi connectivity index (χ1v) is 14.2. The van der Waals surface area contributed by atoms with Crippen LogP contribution < -0.4 is 14.8 Å². The molecule has 0 aliphatic rings. The predicted octanol–water partition coefficient (Wildman–Crippen LogP) is 4.96. The zero-order chi connectivity index (χ0) is 29.1. The first-order chi connectivity index (χ1) is 18.3. The quantitative estimate of drug-likeness (QED) is 0.250. The van der Waals surface area contributed by atoms with Gasteiger partial charge >= 0.3 is 0 Å². The number of hydrogen-bond acceptors (Lipinski definition) is 7. The lowest BCUT2D eigenvalue weighted by Gasteiger charge is -2.17. The molecule has 0 saturated carbocycles. The number of sulfonamides is 1. The Labute approximate surface area is 228 Å². The van der Waals surface area contributed by atoms with Crippen LogP contribution in [0, 0.1) is 36.8 Å². The van der Waals surface area contributed by atoms with E-state index < -0.39 is 37.5 Å². The van der Waals surface area contributed by atoms with Gasteiger partial charge in [0, 0.05) is 30.3 Å². The molecule has 0 aliphatic heterocycles. The third-order valence-corrected chi connectivity index (χ3v) is 7.97. The Morgan fingerprint density at radius 2 is 1.82 bits per heavy atom. The molecule has 210 valence electrons. The molecular formula is C27H35N5O6S. The van der Waals surface area contributed by atoms with Crippen molar-refractivity contribution in [2.75, 3.05) is 6.54 Å². The van der Waals surface area contributed by atoms with Crippen molar-refractivity contribution in [1.82, 2.24) is 19.8 Å². The number of rotatable bonds is 11. The van der Waals surface area contributed by atoms with E-state index in [1.165, 1.54) is 16.8 Å². The number of nitro benzene ring substituents is 1. The van der Waals surface area contributed by atoms with E-state index in [2.05, 4.69) is 15.1 Å². The summed E-state index contributed by atoms with van der Waals surface area (Å²) in [6.07, 6.45) is 0.512. The fourth-order valence-corrected chi connectivity index (χ4v) is 5.22. The summed E-state index contributed by atoms with van der Waals surface area (Å²) in [5.41, 5.74) is 2.60. The largest absolute Gasteiger partial charge is 0.437 e. The molecule has 0 aliphatic carbocycles. The Morgan fingerprint density at radius 3 is 2.44 bits per heavy atom. The highest BCUT2D eigenvalue weighted by Crippen LogP contribution is 2.36. The summed E-state index contributed by atoms with van der Waals surface area (Å²) in [4.78, 5) is 23.5. The number of nitro groups is 1. The predicted molar refractivity (Wildman–Crippen MR) is 148 cm³/mol. The van der Waals surface area contributed by atoms with E-state index in [4.69, 9.17) is 4.74 Å². The topological polar surface area (TPSA) is 145 Å². The molecule has 3 rings (SSSR count). The van der Waals surface area contributed by atoms with Crippen LogP contribution in [0.3, 0.4) is 0 Å². The fourth-order valence-electron chi connectivity index (χ4n) is 3.75. The first kappa shape index (κ1) is 29.8. The van der Waals surface area contributed by atoms with Crippen molar-refractivity contribution >= 4 is 21.6 Å². The maximum atomic E-state index is 13.3. The van der Waals surface area contributed by atoms with E-state index >= 15 is 0 Å². The number of hydrogen-bond donors (Lipinski definition) is 2. The van der Waals surface area contributed by atoms with Crippen LogP contribution >= 0.6 is 0 Å². The average Bonchev–Trinajstić information content (AvgIpc) is 3.19. The van der Waals surface area contributed by atoms with E-state index in [1.54, 1.807) is 13.8 Å². The zero-order valence-corrected chi connectivity index (χ0v) is 24.0. The minimum Gasteiger partial charge on any atom is -0.437 e. The molecular weight excluding hydrogens is 522 g/mol. The van der Waals surface area contributed by atoms with E-state index in [1.807, 2.05) is 52.8 Å². The van der Waals surface area contributed by atoms with Gasteiger partial charge in [-0.05, 0) is 63.3 Å². The smallest absolute Gasteiger partial charge is 0.272 e. The minimum atomic E-state index is -4.20. The van der Waals surface area contributed by atoms with Gasteiger partial charge in [0.25, 0.3) is 11.6 Å². The van der Waals surface area contributed by atoms with Crippen LogP contribution in [0.1, 0.15) is 61.3 Å². The van der Waals surface area contributed by atoms with Crippen molar-refractivity contribution in [2.45, 2.75) is 65.8 Å². The third-order valence-electron chi connectivity index (χ3n) is 6.36. The van der Waals surface area contributed by atoms with E-state index in [0.29, 0.717) is 24.2 Å². The molecule has 0 fully saturated rings. The second kappa shape index (κ2) is 12.0. The lowest BCUT2D eigenvalue weighted by molar-refractivity contribution is -0.385. The van der Waals surface area contributed by atoms with Gasteiger partial charge in [-0.25, -0.2) is 13.1 Å². The number of aryl methyl sites for hydroxylation is 1. The Morgan fingerprint density at radius 1 is 1.13 bits per heavy atom. The van der Waals surface area contributed by atoms with Gasteiger partial charge < -0.3 is 10.1 Å². The second-order valence-electron chi connectivity index (χ2n) is 9.93. The Balaban J connectivity index is 2.23. The molecule has 0 saturated heterocycles. The number of amides is 1. The molecule has 12 heteroatoms. The number of ether oxygens (including phenoxy) is 1. The summed E-state index contributed by atoms with van der Waals surface area (Å²) in [7, 11) is -4.20. The first-order valence-electron chi connectivity index (χ1n) is 12.7. The zero-order valence-electron chi connectivity index (χ0n) is 23.2. The molecule has 1 heterocycles. The summed E-state index contributed by atoms with van der Waals surface area (Å²) in [6, 6.07) is 8.55. The van der Waals surface area contributed by atoms with Gasteiger partial charge in [-0.3, -0.25) is 14.9 Å². The van der Waals surface area contributed by atoms with Crippen molar-refractivity contribution in [3.05, 3.63) is 68.9 Å². The number of nitrogens with zero attached hydrogens (tertiary/aromatic N) is 3. The number of aromatic nitrogens is 2. The molecule has 0 radical (unpaired) electrons. The molecule has 1 atom stereocenters. The summed E-state index contributed by atoms with van der Waals surface area (Å²) in [6.45, 7) is 13.4. The van der Waals surface area contributed by atoms with Gasteiger partial charge in [0.05, 0.1) is 10.6 Å². The van der Waals surface area contributed by atoms with Crippen molar-refractivity contribution in [3.63, 3.8) is 0 Å². The van der Waals surface area contributed by atoms with Crippen LogP contribution in [0.2, 0.25) is 0 Å². The van der Waals surface area contributed by atoms with E-state index in [0.717, 1.165) is 17.2 Å². The van der Waals surface area contributed by atoms with Crippen LogP contribution in [0.4, 0.5) is 5.69 Å². The maximum Gasteiger partial charge on any atom is 0.272 e. The van der Waals surface area contributed by atoms with Crippen molar-refractivity contribution in [1.29, 1.82) is 0 Å². The highest BCUT2D eigenvalue weighted by atomic mass is 32.2. The number of carbonyl (C=O) groups is 1. The molecule has 1 amide bonds. The van der Waals surface area contributed by atoms with Gasteiger partial charge in [0.15, 0.2) is 5.69 Å². The van der Waals surface area contributed by atoms with Gasteiger partial charge in [-0.15, -0.1) is 0 Å². The third kappa shape index (κ3) is 6.63. The van der Waals surface area contributed by atoms with Crippen molar-refractivity contribution in [2.24, 2.45) is 5.92 Å². The van der Waals surface area contributed by atoms with Crippen molar-refractivity contribution in [3.8, 4) is 17.3 Å². The molecule has 0 spiro atoms. The Kier molecular flexibility index (Phi) is 9.13. The van der Waals surface area contributed by atoms with Crippen LogP contribution in [0.15, 0.2) is 41.3 Å². The lowest BCUT2D eigenvalue weighted by atomic mass is 10.1. The standard InChI is InChI=1S/C27H35N5O6S/c1-8-18(5)30-39(36,37)24-14-21(32(34)35)12-13-23(24)38-27-20(7)25(26(33)28-15-16(2)3)29-31(27)22-11-9-10-17(4)19(22)6/h9-14,16,18,30H,8,15H2,1-7H3,(H,28,33). The fraction of sp³-hybridized carbons (Fsp3) is 0.407. The number of benzene rings is 2. The highest BCUT2D eigenvalue weighted by Gasteiger charge is 2.29. The molecule has 1 aromatic heterocycles. The molecule has 3 aromatic rings. The maximum absolute atomic E-state index is 13.3. The van der Waals surface area contributed by atoms with Crippen molar-refractivity contribution < 1.29 is 22.9 Å². The number of carbonyl (C=O) groups excluding carboxylic acids is 1. The summed E-state index contributed by atoms with van der Waals surface area (Å²) < 4.78 is 36.8. The highest BCUT2D eigenvalue weighted by molar-refractivity contribution is 7.89. The monoisotopic (exact) mass is 557 g/mol. The Hall–Kier alpha value is -3.77.